The highest BCUT2D eigenvalue weighted by molar-refractivity contribution is 6.33. The fraction of sp³-hybridized carbons (Fsp3) is 0. The molecule has 0 aliphatic carbocycles. The minimum Gasteiger partial charge on any atom is -0.360 e. The lowest BCUT2D eigenvalue weighted by Gasteiger charge is -2.04. The van der Waals surface area contributed by atoms with Crippen LogP contribution in [0.15, 0.2) is 35.6 Å². The Hall–Kier alpha value is -2.23. The summed E-state index contributed by atoms with van der Waals surface area (Å²) in [5.74, 6) is -0.523. The van der Waals surface area contributed by atoms with Crippen molar-refractivity contribution in [1.82, 2.24) is 0 Å². The SMILES string of the molecule is O=CC(=O)c1ccc2c(c1)NC=CN=C2. The smallest absolute Gasteiger partial charge is 0.225 e. The lowest BCUT2D eigenvalue weighted by molar-refractivity contribution is -0.104. The molecular formula is C11H8N2O2. The summed E-state index contributed by atoms with van der Waals surface area (Å²) in [6.07, 6.45) is 5.27. The summed E-state index contributed by atoms with van der Waals surface area (Å²) < 4.78 is 0. The van der Waals surface area contributed by atoms with Crippen molar-refractivity contribution >= 4 is 24.0 Å². The molecule has 0 amide bonds. The number of aldehydes is 1. The van der Waals surface area contributed by atoms with Gasteiger partial charge in [0.1, 0.15) is 0 Å². The number of Topliss-reactive ketones (excluding diaryl/α,β-unsaturated/α-hetero) is 1. The summed E-state index contributed by atoms with van der Waals surface area (Å²) >= 11 is 0. The van der Waals surface area contributed by atoms with E-state index in [4.69, 9.17) is 0 Å². The topological polar surface area (TPSA) is 58.5 Å². The van der Waals surface area contributed by atoms with E-state index in [-0.39, 0.29) is 0 Å². The van der Waals surface area contributed by atoms with Crippen molar-refractivity contribution in [3.63, 3.8) is 0 Å². The van der Waals surface area contributed by atoms with Crippen molar-refractivity contribution in [2.24, 2.45) is 4.99 Å². The van der Waals surface area contributed by atoms with Crippen LogP contribution in [-0.4, -0.2) is 18.3 Å². The Kier molecular flexibility index (Phi) is 2.41. The van der Waals surface area contributed by atoms with E-state index in [1.165, 1.54) is 0 Å². The van der Waals surface area contributed by atoms with Gasteiger partial charge >= 0.3 is 0 Å². The van der Waals surface area contributed by atoms with Gasteiger partial charge in [-0.15, -0.1) is 0 Å². The van der Waals surface area contributed by atoms with Crippen LogP contribution in [-0.2, 0) is 4.79 Å². The maximum absolute atomic E-state index is 11.1. The molecule has 0 spiro atoms. The van der Waals surface area contributed by atoms with Crippen molar-refractivity contribution in [1.29, 1.82) is 0 Å². The summed E-state index contributed by atoms with van der Waals surface area (Å²) in [6.45, 7) is 0. The summed E-state index contributed by atoms with van der Waals surface area (Å²) in [5, 5.41) is 2.97. The number of aliphatic imine (C=N–C) groups is 1. The van der Waals surface area contributed by atoms with E-state index in [0.717, 1.165) is 11.3 Å². The Bertz CT molecular complexity index is 475. The molecule has 4 heteroatoms. The highest BCUT2D eigenvalue weighted by Crippen LogP contribution is 2.18. The highest BCUT2D eigenvalue weighted by Gasteiger charge is 2.07. The zero-order valence-electron chi connectivity index (χ0n) is 7.81. The Morgan fingerprint density at radius 1 is 1.40 bits per heavy atom. The van der Waals surface area contributed by atoms with E-state index in [9.17, 15) is 9.59 Å². The number of ketones is 1. The maximum Gasteiger partial charge on any atom is 0.225 e. The molecule has 0 unspecified atom stereocenters. The standard InChI is InChI=1S/C11H8N2O2/c14-7-11(15)8-1-2-9-6-12-3-4-13-10(9)5-8/h1-7,13H. The first-order valence-electron chi connectivity index (χ1n) is 4.39. The second-order valence-electron chi connectivity index (χ2n) is 3.02. The Morgan fingerprint density at radius 3 is 3.07 bits per heavy atom. The van der Waals surface area contributed by atoms with Crippen LogP contribution >= 0.6 is 0 Å². The van der Waals surface area contributed by atoms with Gasteiger partial charge in [0.2, 0.25) is 5.78 Å². The minimum absolute atomic E-state index is 0.308. The van der Waals surface area contributed by atoms with Gasteiger partial charge in [0, 0.05) is 35.4 Å². The first-order valence-corrected chi connectivity index (χ1v) is 4.39. The van der Waals surface area contributed by atoms with Crippen molar-refractivity contribution in [2.75, 3.05) is 5.32 Å². The van der Waals surface area contributed by atoms with E-state index in [1.807, 2.05) is 0 Å². The number of anilines is 1. The molecule has 1 aliphatic rings. The third-order valence-corrected chi connectivity index (χ3v) is 2.06. The van der Waals surface area contributed by atoms with Gasteiger partial charge in [-0.3, -0.25) is 14.6 Å². The fourth-order valence-electron chi connectivity index (χ4n) is 1.31. The summed E-state index contributed by atoms with van der Waals surface area (Å²) in [7, 11) is 0. The lowest BCUT2D eigenvalue weighted by Crippen LogP contribution is -2.02. The molecule has 2 rings (SSSR count). The number of rotatable bonds is 2. The highest BCUT2D eigenvalue weighted by atomic mass is 16.2. The molecule has 15 heavy (non-hydrogen) atoms. The predicted molar refractivity (Wildman–Crippen MR) is 57.2 cm³/mol. The molecule has 0 aromatic heterocycles. The number of fused-ring (bicyclic) bond motifs is 1. The monoisotopic (exact) mass is 200 g/mol. The number of carbonyl (C=O) groups excluding carboxylic acids is 2. The second-order valence-corrected chi connectivity index (χ2v) is 3.02. The van der Waals surface area contributed by atoms with Crippen LogP contribution in [0.5, 0.6) is 0 Å². The molecule has 0 bridgehead atoms. The maximum atomic E-state index is 11.1. The molecule has 4 nitrogen and oxygen atoms in total. The molecule has 1 aromatic rings. The Morgan fingerprint density at radius 2 is 2.27 bits per heavy atom. The molecule has 0 saturated heterocycles. The molecule has 74 valence electrons. The molecule has 0 atom stereocenters. The zero-order valence-corrected chi connectivity index (χ0v) is 7.81. The minimum atomic E-state index is -0.523. The third kappa shape index (κ3) is 1.83. The van der Waals surface area contributed by atoms with Gasteiger partial charge in [0.15, 0.2) is 6.29 Å². The number of nitrogens with one attached hydrogen (secondary N) is 1. The quantitative estimate of drug-likeness (QED) is 0.445. The van der Waals surface area contributed by atoms with Crippen LogP contribution in [0.1, 0.15) is 15.9 Å². The van der Waals surface area contributed by atoms with E-state index in [2.05, 4.69) is 10.3 Å². The van der Waals surface area contributed by atoms with Crippen LogP contribution in [0, 0.1) is 0 Å². The van der Waals surface area contributed by atoms with Crippen LogP contribution in [0.2, 0.25) is 0 Å². The van der Waals surface area contributed by atoms with Crippen LogP contribution < -0.4 is 5.32 Å². The van der Waals surface area contributed by atoms with E-state index in [0.29, 0.717) is 11.8 Å². The number of hydrogen-bond acceptors (Lipinski definition) is 4. The number of nitrogens with zero attached hydrogens (tertiary/aromatic N) is 1. The predicted octanol–water partition coefficient (Wildman–Crippen LogP) is 1.38. The van der Waals surface area contributed by atoms with E-state index >= 15 is 0 Å². The Labute approximate surface area is 86.3 Å². The molecule has 0 radical (unpaired) electrons. The van der Waals surface area contributed by atoms with Gasteiger partial charge < -0.3 is 5.32 Å². The second kappa shape index (κ2) is 3.88. The van der Waals surface area contributed by atoms with E-state index in [1.54, 1.807) is 36.8 Å². The van der Waals surface area contributed by atoms with Crippen molar-refractivity contribution < 1.29 is 9.59 Å². The number of benzene rings is 1. The van der Waals surface area contributed by atoms with Crippen molar-refractivity contribution in [2.45, 2.75) is 0 Å². The molecule has 1 heterocycles. The normalized spacial score (nSPS) is 12.5. The molecule has 0 fully saturated rings. The van der Waals surface area contributed by atoms with Gasteiger partial charge in [0.25, 0.3) is 0 Å². The third-order valence-electron chi connectivity index (χ3n) is 2.06. The van der Waals surface area contributed by atoms with Gasteiger partial charge in [-0.2, -0.15) is 0 Å². The van der Waals surface area contributed by atoms with Crippen molar-refractivity contribution in [3.8, 4) is 0 Å². The number of carbonyl (C=O) groups is 2. The Balaban J connectivity index is 2.46. The van der Waals surface area contributed by atoms with Crippen LogP contribution in [0.25, 0.3) is 0 Å². The summed E-state index contributed by atoms with van der Waals surface area (Å²) in [4.78, 5) is 25.5. The van der Waals surface area contributed by atoms with Gasteiger partial charge in [-0.25, -0.2) is 0 Å². The summed E-state index contributed by atoms with van der Waals surface area (Å²) in [5.41, 5.74) is 2.02. The fourth-order valence-corrected chi connectivity index (χ4v) is 1.31. The first-order chi connectivity index (χ1) is 7.31. The average Bonchev–Trinajstić information content (AvgIpc) is 2.51. The van der Waals surface area contributed by atoms with Gasteiger partial charge in [-0.05, 0) is 6.07 Å². The largest absolute Gasteiger partial charge is 0.360 e. The van der Waals surface area contributed by atoms with E-state index < -0.39 is 5.78 Å². The average molecular weight is 200 g/mol. The molecule has 1 aliphatic heterocycles. The van der Waals surface area contributed by atoms with Gasteiger partial charge in [0.05, 0.1) is 0 Å². The number of hydrogen-bond donors (Lipinski definition) is 1. The lowest BCUT2D eigenvalue weighted by atomic mass is 10.1. The van der Waals surface area contributed by atoms with Crippen molar-refractivity contribution in [3.05, 3.63) is 41.7 Å². The zero-order chi connectivity index (χ0) is 10.7. The molecule has 1 N–H and O–H groups in total. The molecular weight excluding hydrogens is 192 g/mol. The van der Waals surface area contributed by atoms with Crippen LogP contribution in [0.3, 0.4) is 0 Å². The first kappa shape index (κ1) is 9.33. The van der Waals surface area contributed by atoms with Gasteiger partial charge in [-0.1, -0.05) is 12.1 Å². The molecule has 1 aromatic carbocycles. The summed E-state index contributed by atoms with van der Waals surface area (Å²) in [6, 6.07) is 4.98. The van der Waals surface area contributed by atoms with Crippen LogP contribution in [0.4, 0.5) is 5.69 Å². The molecule has 0 saturated carbocycles.